The number of rotatable bonds is 22. The van der Waals surface area contributed by atoms with Gasteiger partial charge in [0.1, 0.15) is 54.6 Å². The summed E-state index contributed by atoms with van der Waals surface area (Å²) in [6.07, 6.45) is -14.3. The van der Waals surface area contributed by atoms with Crippen molar-refractivity contribution in [2.75, 3.05) is 52.0 Å². The number of nitrogen functional groups attached to an aromatic ring is 2. The molecule has 5 aromatic rings. The van der Waals surface area contributed by atoms with Crippen molar-refractivity contribution in [3.8, 4) is 0 Å². The smallest absolute Gasteiger partial charge is 0.387 e. The van der Waals surface area contributed by atoms with Crippen molar-refractivity contribution in [3.05, 3.63) is 62.4 Å². The molecule has 8 rings (SSSR count). The topological polar surface area (TPSA) is 528 Å². The molecule has 78 heavy (non-hydrogen) atoms. The third kappa shape index (κ3) is 12.7. The molecule has 3 fully saturated rings. The highest BCUT2D eigenvalue weighted by atomic mass is 31.3. The highest BCUT2D eigenvalue weighted by molar-refractivity contribution is 7.66. The Hall–Kier alpha value is -5.11. The first kappa shape index (κ1) is 59.0. The summed E-state index contributed by atoms with van der Waals surface area (Å²) in [5, 5.41) is 32.8. The molecule has 430 valence electrons. The van der Waals surface area contributed by atoms with Crippen molar-refractivity contribution in [3.63, 3.8) is 0 Å². The van der Waals surface area contributed by atoms with Crippen LogP contribution in [0.5, 0.6) is 0 Å². The number of imidazole rings is 2. The minimum absolute atomic E-state index is 0.00527. The van der Waals surface area contributed by atoms with Crippen molar-refractivity contribution in [2.24, 2.45) is 13.0 Å². The van der Waals surface area contributed by atoms with Gasteiger partial charge in [-0.2, -0.15) is 8.62 Å². The molecule has 0 radical (unpaired) electrons. The van der Waals surface area contributed by atoms with E-state index in [0.29, 0.717) is 0 Å². The Bertz CT molecular complexity index is 3430. The van der Waals surface area contributed by atoms with Crippen molar-refractivity contribution in [1.82, 2.24) is 48.5 Å². The van der Waals surface area contributed by atoms with Crippen LogP contribution in [0.1, 0.15) is 32.0 Å². The fraction of sp³-hybridized carbons (Fsp3) is 0.583. The van der Waals surface area contributed by atoms with Gasteiger partial charge in [0, 0.05) is 45.3 Å². The lowest BCUT2D eigenvalue weighted by molar-refractivity contribution is -0.745. The number of nitrogens with zero attached hydrogens (tertiary/aromatic N) is 9. The summed E-state index contributed by atoms with van der Waals surface area (Å²) < 4.78 is 110. The van der Waals surface area contributed by atoms with Crippen LogP contribution in [0.15, 0.2) is 45.6 Å². The zero-order valence-electron chi connectivity index (χ0n) is 40.8. The van der Waals surface area contributed by atoms with Gasteiger partial charge >= 0.3 is 42.6 Å². The van der Waals surface area contributed by atoms with Crippen LogP contribution < -0.4 is 32.8 Å². The number of anilines is 2. The van der Waals surface area contributed by atoms with Crippen LogP contribution in [0, 0.1) is 5.92 Å². The van der Waals surface area contributed by atoms with E-state index in [-0.39, 0.29) is 40.7 Å². The number of aromatic nitrogens is 10. The molecule has 42 heteroatoms. The summed E-state index contributed by atoms with van der Waals surface area (Å²) in [5.41, 5.74) is 9.19. The SMILES string of the molecule is CCO[C@@H]1[C@H](OP(=O)(O)OC[C@H]2O[C@@H](n3ccc(=O)[nH]c3=O)[C@H](O)[C@@H]2O)C(COP(=O)(O)OP(=O)(O)OP(=O)(O)OC[C@H]2O[C@@H]([n+]3cn(C)c4c(=O)[nH]c(N)nc43)[C@H](O)[C@@H]2CC(=O)N(C)C)O[C@H]1n1cnc2c(N)ncnc21. The van der Waals surface area contributed by atoms with Gasteiger partial charge in [0.2, 0.25) is 17.7 Å². The van der Waals surface area contributed by atoms with E-state index in [1.807, 2.05) is 4.98 Å². The fourth-order valence-corrected chi connectivity index (χ4v) is 13.1. The van der Waals surface area contributed by atoms with Crippen LogP contribution in [-0.4, -0.2) is 179 Å². The quantitative estimate of drug-likeness (QED) is 0.0234. The van der Waals surface area contributed by atoms with Gasteiger partial charge in [-0.25, -0.2) is 42.6 Å². The zero-order valence-corrected chi connectivity index (χ0v) is 44.4. The number of aliphatic hydroxyl groups is 3. The van der Waals surface area contributed by atoms with E-state index in [0.717, 1.165) is 29.5 Å². The number of amides is 1. The first-order valence-corrected chi connectivity index (χ1v) is 28.7. The van der Waals surface area contributed by atoms with Gasteiger partial charge in [-0.3, -0.25) is 56.1 Å². The summed E-state index contributed by atoms with van der Waals surface area (Å²) in [7, 11) is -19.3. The van der Waals surface area contributed by atoms with Gasteiger partial charge in [0.05, 0.1) is 39.3 Å². The molecule has 0 aromatic carbocycles. The van der Waals surface area contributed by atoms with Gasteiger partial charge in [-0.05, 0) is 6.92 Å². The monoisotopic (exact) mass is 1190 g/mol. The molecule has 3 aliphatic heterocycles. The van der Waals surface area contributed by atoms with E-state index in [2.05, 4.69) is 33.5 Å². The molecule has 5 aromatic heterocycles. The van der Waals surface area contributed by atoms with E-state index in [9.17, 15) is 72.3 Å². The van der Waals surface area contributed by atoms with E-state index < -0.39 is 154 Å². The van der Waals surface area contributed by atoms with Gasteiger partial charge in [0.15, 0.2) is 30.2 Å². The number of nitrogens with two attached hydrogens (primary N) is 2. The minimum Gasteiger partial charge on any atom is -0.387 e. The fourth-order valence-electron chi connectivity index (χ4n) is 8.63. The Kier molecular flexibility index (Phi) is 17.2. The number of hydrogen-bond donors (Lipinski definition) is 11. The molecule has 16 atom stereocenters. The van der Waals surface area contributed by atoms with E-state index in [1.54, 1.807) is 0 Å². The number of carbonyl (C=O) groups excluding carboxylic acids is 1. The zero-order chi connectivity index (χ0) is 57.0. The molecule has 5 unspecified atom stereocenters. The third-order valence-electron chi connectivity index (χ3n) is 12.1. The number of aliphatic hydroxyl groups excluding tert-OH is 3. The molecular formula is C36H52N13O25P4+. The molecule has 3 aliphatic rings. The second-order valence-electron chi connectivity index (χ2n) is 17.6. The number of H-pyrrole nitrogens is 2. The molecule has 1 amide bonds. The average Bonchev–Trinajstić information content (AvgIpc) is 4.21. The number of fused-ring (bicyclic) bond motifs is 2. The van der Waals surface area contributed by atoms with Crippen LogP contribution in [-0.2, 0) is 75.8 Å². The van der Waals surface area contributed by atoms with Gasteiger partial charge < -0.3 is 70.2 Å². The summed E-state index contributed by atoms with van der Waals surface area (Å²) in [5.74, 6) is -2.19. The number of hydrogen-bond acceptors (Lipinski definition) is 27. The number of aromatic amines is 2. The second kappa shape index (κ2) is 22.8. The van der Waals surface area contributed by atoms with Gasteiger partial charge in [-0.1, -0.05) is 4.98 Å². The van der Waals surface area contributed by atoms with Gasteiger partial charge in [0.25, 0.3) is 17.1 Å². The van der Waals surface area contributed by atoms with Crippen molar-refractivity contribution >= 4 is 71.3 Å². The predicted octanol–water partition coefficient (Wildman–Crippen LogP) is -3.75. The van der Waals surface area contributed by atoms with E-state index in [1.165, 1.54) is 53.0 Å². The van der Waals surface area contributed by atoms with E-state index in [4.69, 9.17) is 48.5 Å². The Morgan fingerprint density at radius 1 is 0.808 bits per heavy atom. The standard InChI is InChI=1S/C36H51N13O25P4/c1-5-65-27-26(72-75(57,58)66-10-17-24(53)25(54)33(70-17)47-7-6-19(50)42-36(47)56)18(71-34(27)48-13-41-21-28(37)39-12-40-29(21)48)11-68-77(61,62)74-78(63,64)73-76(59,60)67-9-16-15(8-20(51)45(2)3)23(52)32(69-16)49-14-46(4)22-30(49)43-35(38)44-31(22)55/h6-7,12-18,23-27,32-34,52-54H,5,8-11H2,1-4H3,(H9-,37,38,39,40,42,43,44,50,55,56,57,58,59,60,61,62,63,64)/p+1/t15-,16-,17-,18?,23-,24-,25-,26-,27-,32-,33-,34-/m1/s1. The molecule has 0 bridgehead atoms. The normalized spacial score (nSPS) is 29.6. The van der Waals surface area contributed by atoms with Crippen LogP contribution in [0.2, 0.25) is 0 Å². The summed E-state index contributed by atoms with van der Waals surface area (Å²) in [6, 6.07) is 0.923. The second-order valence-corrected chi connectivity index (χ2v) is 23.6. The lowest BCUT2D eigenvalue weighted by atomic mass is 9.94. The Morgan fingerprint density at radius 3 is 2.10 bits per heavy atom. The lowest BCUT2D eigenvalue weighted by Gasteiger charge is -2.27. The summed E-state index contributed by atoms with van der Waals surface area (Å²) in [4.78, 5) is 114. The Morgan fingerprint density at radius 2 is 1.45 bits per heavy atom. The highest BCUT2D eigenvalue weighted by Crippen LogP contribution is 2.68. The average molecular weight is 1190 g/mol. The summed E-state index contributed by atoms with van der Waals surface area (Å²) >= 11 is 0. The molecule has 13 N–H and O–H groups in total. The van der Waals surface area contributed by atoms with Crippen molar-refractivity contribution in [2.45, 2.75) is 80.9 Å². The number of carbonyl (C=O) groups is 1. The van der Waals surface area contributed by atoms with E-state index >= 15 is 0 Å². The van der Waals surface area contributed by atoms with Gasteiger partial charge in [-0.15, -0.1) is 0 Å². The number of phosphoric acid groups is 4. The Labute approximate surface area is 435 Å². The maximum absolute atomic E-state index is 13.7. The first-order valence-electron chi connectivity index (χ1n) is 22.7. The highest BCUT2D eigenvalue weighted by Gasteiger charge is 2.54. The minimum atomic E-state index is -6.24. The molecule has 0 aliphatic carbocycles. The Balaban J connectivity index is 0.961. The molecule has 0 spiro atoms. The lowest BCUT2D eigenvalue weighted by Crippen LogP contribution is -2.45. The first-order chi connectivity index (χ1) is 36.5. The van der Waals surface area contributed by atoms with Crippen LogP contribution in [0.3, 0.4) is 0 Å². The number of nitrogens with one attached hydrogen (secondary N) is 2. The molecule has 3 saturated heterocycles. The maximum Gasteiger partial charge on any atom is 0.490 e. The number of ether oxygens (including phenoxy) is 4. The predicted molar refractivity (Wildman–Crippen MR) is 253 cm³/mol. The van der Waals surface area contributed by atoms with Crippen LogP contribution >= 0.6 is 31.3 Å². The maximum atomic E-state index is 13.7. The largest absolute Gasteiger partial charge is 0.490 e. The summed E-state index contributed by atoms with van der Waals surface area (Å²) in [6.45, 7) is -2.05. The van der Waals surface area contributed by atoms with Crippen molar-refractivity contribution in [1.29, 1.82) is 0 Å². The molecular weight excluding hydrogens is 1140 g/mol. The number of phosphoric ester groups is 3. The third-order valence-corrected chi connectivity index (χ3v) is 17.4. The van der Waals surface area contributed by atoms with Crippen molar-refractivity contribution < 1.29 is 108 Å². The molecule has 0 saturated carbocycles. The molecule has 8 heterocycles. The number of aryl methyl sites for hydroxylation is 1. The van der Waals surface area contributed by atoms with Crippen LogP contribution in [0.25, 0.3) is 22.3 Å². The molecule has 38 nitrogen and oxygen atoms in total. The van der Waals surface area contributed by atoms with Crippen LogP contribution in [0.4, 0.5) is 11.8 Å².